The van der Waals surface area contributed by atoms with Crippen molar-refractivity contribution in [2.75, 3.05) is 20.2 Å². The normalized spacial score (nSPS) is 12.5. The zero-order valence-corrected chi connectivity index (χ0v) is 9.09. The maximum absolute atomic E-state index is 13.2. The highest BCUT2D eigenvalue weighted by atomic mass is 35.5. The molecule has 0 aliphatic rings. The van der Waals surface area contributed by atoms with Crippen LogP contribution in [-0.4, -0.2) is 31.4 Å². The Morgan fingerprint density at radius 2 is 2.33 bits per heavy atom. The lowest BCUT2D eigenvalue weighted by molar-refractivity contribution is 0.106. The van der Waals surface area contributed by atoms with Gasteiger partial charge in [0.15, 0.2) is 11.6 Å². The van der Waals surface area contributed by atoms with Crippen LogP contribution in [0.15, 0.2) is 18.2 Å². The number of aliphatic hydroxyl groups excluding tert-OH is 1. The monoisotopic (exact) mass is 233 g/mol. The van der Waals surface area contributed by atoms with Crippen LogP contribution in [0, 0.1) is 5.82 Å². The van der Waals surface area contributed by atoms with Crippen LogP contribution in [0.4, 0.5) is 4.39 Å². The Kier molecular flexibility index (Phi) is 4.81. The molecular formula is C10H13ClFNO2. The van der Waals surface area contributed by atoms with Gasteiger partial charge in [0.05, 0.1) is 5.02 Å². The number of nitrogens with one attached hydrogen (secondary N) is 1. The Labute approximate surface area is 92.8 Å². The number of rotatable bonds is 5. The van der Waals surface area contributed by atoms with E-state index in [-0.39, 0.29) is 17.4 Å². The summed E-state index contributed by atoms with van der Waals surface area (Å²) in [6.07, 6.45) is -0.689. The zero-order chi connectivity index (χ0) is 11.3. The van der Waals surface area contributed by atoms with Gasteiger partial charge in [-0.1, -0.05) is 17.7 Å². The third-order valence-corrected chi connectivity index (χ3v) is 2.08. The maximum Gasteiger partial charge on any atom is 0.173 e. The molecule has 1 aromatic rings. The molecular weight excluding hydrogens is 221 g/mol. The third-order valence-electron chi connectivity index (χ3n) is 1.78. The molecule has 0 bridgehead atoms. The first-order valence-corrected chi connectivity index (χ1v) is 4.92. The van der Waals surface area contributed by atoms with E-state index in [1.165, 1.54) is 18.2 Å². The first-order valence-electron chi connectivity index (χ1n) is 4.54. The fourth-order valence-corrected chi connectivity index (χ4v) is 1.31. The van der Waals surface area contributed by atoms with Gasteiger partial charge in [-0.3, -0.25) is 0 Å². The Morgan fingerprint density at radius 3 is 2.93 bits per heavy atom. The quantitative estimate of drug-likeness (QED) is 0.809. The molecule has 1 rings (SSSR count). The predicted molar refractivity (Wildman–Crippen MR) is 56.8 cm³/mol. The minimum Gasteiger partial charge on any atom is -0.486 e. The van der Waals surface area contributed by atoms with Crippen molar-refractivity contribution < 1.29 is 14.2 Å². The van der Waals surface area contributed by atoms with Crippen LogP contribution < -0.4 is 10.1 Å². The lowest BCUT2D eigenvalue weighted by Crippen LogP contribution is -2.29. The summed E-state index contributed by atoms with van der Waals surface area (Å²) in [6, 6.07) is 4.28. The molecule has 1 atom stereocenters. The van der Waals surface area contributed by atoms with Gasteiger partial charge in [0.1, 0.15) is 12.7 Å². The van der Waals surface area contributed by atoms with E-state index in [4.69, 9.17) is 16.3 Å². The topological polar surface area (TPSA) is 41.5 Å². The van der Waals surface area contributed by atoms with Crippen LogP contribution in [0.5, 0.6) is 5.75 Å². The van der Waals surface area contributed by atoms with E-state index in [2.05, 4.69) is 5.32 Å². The summed E-state index contributed by atoms with van der Waals surface area (Å²) in [6.45, 7) is 0.383. The third kappa shape index (κ3) is 3.66. The molecule has 1 unspecified atom stereocenters. The van der Waals surface area contributed by atoms with Crippen molar-refractivity contribution >= 4 is 11.6 Å². The standard InChI is InChI=1S/C10H13ClFNO2/c1-13-5-7(14)6-15-10-8(11)3-2-4-9(10)12/h2-4,7,13-14H,5-6H2,1H3. The SMILES string of the molecule is CNCC(O)COc1c(F)cccc1Cl. The molecule has 0 fully saturated rings. The summed E-state index contributed by atoms with van der Waals surface area (Å²) in [5.74, 6) is -0.548. The molecule has 0 heterocycles. The van der Waals surface area contributed by atoms with Crippen molar-refractivity contribution in [2.24, 2.45) is 0 Å². The molecule has 0 aliphatic carbocycles. The van der Waals surface area contributed by atoms with Crippen LogP contribution in [0.1, 0.15) is 0 Å². The van der Waals surface area contributed by atoms with Crippen LogP contribution in [0.25, 0.3) is 0 Å². The minimum atomic E-state index is -0.689. The average molecular weight is 234 g/mol. The van der Waals surface area contributed by atoms with Gasteiger partial charge in [0.25, 0.3) is 0 Å². The zero-order valence-electron chi connectivity index (χ0n) is 8.34. The summed E-state index contributed by atoms with van der Waals surface area (Å²) < 4.78 is 18.3. The van der Waals surface area contributed by atoms with Gasteiger partial charge in [0, 0.05) is 6.54 Å². The number of para-hydroxylation sites is 1. The summed E-state index contributed by atoms with van der Waals surface area (Å²) >= 11 is 5.73. The highest BCUT2D eigenvalue weighted by Gasteiger charge is 2.10. The lowest BCUT2D eigenvalue weighted by atomic mass is 10.3. The summed E-state index contributed by atoms with van der Waals surface area (Å²) in [5.41, 5.74) is 0. The molecule has 1 aromatic carbocycles. The first kappa shape index (κ1) is 12.2. The molecule has 15 heavy (non-hydrogen) atoms. The Bertz CT molecular complexity index is 302. The lowest BCUT2D eigenvalue weighted by Gasteiger charge is -2.13. The number of hydrogen-bond donors (Lipinski definition) is 2. The van der Waals surface area contributed by atoms with E-state index in [0.29, 0.717) is 6.54 Å². The van der Waals surface area contributed by atoms with E-state index in [1.807, 2.05) is 0 Å². The van der Waals surface area contributed by atoms with E-state index in [1.54, 1.807) is 7.05 Å². The van der Waals surface area contributed by atoms with Crippen LogP contribution in [0.2, 0.25) is 5.02 Å². The molecule has 0 saturated heterocycles. The van der Waals surface area contributed by atoms with Gasteiger partial charge in [-0.15, -0.1) is 0 Å². The van der Waals surface area contributed by atoms with Crippen molar-refractivity contribution in [3.63, 3.8) is 0 Å². The van der Waals surface area contributed by atoms with E-state index in [9.17, 15) is 9.50 Å². The number of ether oxygens (including phenoxy) is 1. The fraction of sp³-hybridized carbons (Fsp3) is 0.400. The van der Waals surface area contributed by atoms with E-state index in [0.717, 1.165) is 0 Å². The Balaban J connectivity index is 2.57. The molecule has 3 nitrogen and oxygen atoms in total. The smallest absolute Gasteiger partial charge is 0.173 e. The van der Waals surface area contributed by atoms with Gasteiger partial charge >= 0.3 is 0 Å². The van der Waals surface area contributed by atoms with Gasteiger partial charge in [-0.25, -0.2) is 4.39 Å². The van der Waals surface area contributed by atoms with Crippen molar-refractivity contribution in [1.29, 1.82) is 0 Å². The van der Waals surface area contributed by atoms with E-state index >= 15 is 0 Å². The molecule has 2 N–H and O–H groups in total. The number of halogens is 2. The highest BCUT2D eigenvalue weighted by Crippen LogP contribution is 2.27. The average Bonchev–Trinajstić information content (AvgIpc) is 2.17. The molecule has 0 aliphatic heterocycles. The van der Waals surface area contributed by atoms with Crippen molar-refractivity contribution in [1.82, 2.24) is 5.32 Å². The number of aliphatic hydroxyl groups is 1. The maximum atomic E-state index is 13.2. The Hall–Kier alpha value is -0.840. The van der Waals surface area contributed by atoms with Crippen LogP contribution >= 0.6 is 11.6 Å². The van der Waals surface area contributed by atoms with Gasteiger partial charge < -0.3 is 15.2 Å². The number of hydrogen-bond acceptors (Lipinski definition) is 3. The molecule has 0 saturated carbocycles. The largest absolute Gasteiger partial charge is 0.486 e. The molecule has 0 spiro atoms. The fourth-order valence-electron chi connectivity index (χ4n) is 1.09. The summed E-state index contributed by atoms with van der Waals surface area (Å²) in [4.78, 5) is 0. The number of benzene rings is 1. The molecule has 0 amide bonds. The van der Waals surface area contributed by atoms with Crippen molar-refractivity contribution in [3.8, 4) is 5.75 Å². The molecule has 0 aromatic heterocycles. The second-order valence-corrected chi connectivity index (χ2v) is 3.48. The minimum absolute atomic E-state index is 0.00148. The second kappa shape index (κ2) is 5.90. The van der Waals surface area contributed by atoms with Crippen molar-refractivity contribution in [2.45, 2.75) is 6.10 Å². The predicted octanol–water partition coefficient (Wildman–Crippen LogP) is 1.44. The van der Waals surface area contributed by atoms with Crippen molar-refractivity contribution in [3.05, 3.63) is 29.0 Å². The van der Waals surface area contributed by atoms with Gasteiger partial charge in [-0.2, -0.15) is 0 Å². The second-order valence-electron chi connectivity index (χ2n) is 3.07. The summed E-state index contributed by atoms with van der Waals surface area (Å²) in [7, 11) is 1.71. The summed E-state index contributed by atoms with van der Waals surface area (Å²) in [5, 5.41) is 12.3. The van der Waals surface area contributed by atoms with Gasteiger partial charge in [0.2, 0.25) is 0 Å². The van der Waals surface area contributed by atoms with Gasteiger partial charge in [-0.05, 0) is 19.2 Å². The van der Waals surface area contributed by atoms with Crippen LogP contribution in [-0.2, 0) is 0 Å². The molecule has 0 radical (unpaired) electrons. The number of likely N-dealkylation sites (N-methyl/N-ethyl adjacent to an activating group) is 1. The highest BCUT2D eigenvalue weighted by molar-refractivity contribution is 6.32. The van der Waals surface area contributed by atoms with Crippen LogP contribution in [0.3, 0.4) is 0 Å². The molecule has 84 valence electrons. The first-order chi connectivity index (χ1) is 7.15. The molecule has 5 heteroatoms. The Morgan fingerprint density at radius 1 is 1.60 bits per heavy atom. The van der Waals surface area contributed by atoms with E-state index < -0.39 is 11.9 Å².